The van der Waals surface area contributed by atoms with Crippen LogP contribution in [-0.2, 0) is 10.0 Å². The highest BCUT2D eigenvalue weighted by atomic mass is 35.5. The summed E-state index contributed by atoms with van der Waals surface area (Å²) in [7, 11) is -1.11. The molecule has 1 aliphatic rings. The van der Waals surface area contributed by atoms with E-state index in [1.165, 1.54) is 37.6 Å². The fourth-order valence-electron chi connectivity index (χ4n) is 3.87. The van der Waals surface area contributed by atoms with E-state index in [9.17, 15) is 13.2 Å². The molecule has 0 saturated carbocycles. The second-order valence-electron chi connectivity index (χ2n) is 7.78. The van der Waals surface area contributed by atoms with Crippen LogP contribution in [0.2, 0.25) is 5.02 Å². The third kappa shape index (κ3) is 5.44. The van der Waals surface area contributed by atoms with Crippen LogP contribution in [0.25, 0.3) is 0 Å². The fraction of sp³-hybridized carbons (Fsp3) is 0.250. The largest absolute Gasteiger partial charge is 0.496 e. The summed E-state index contributed by atoms with van der Waals surface area (Å²) in [5.74, 6) is 0.835. The molecule has 1 aliphatic heterocycles. The van der Waals surface area contributed by atoms with Gasteiger partial charge in [0.05, 0.1) is 25.5 Å². The highest BCUT2D eigenvalue weighted by Gasteiger charge is 2.24. The number of carbonyl (C=O) groups is 1. The normalized spacial score (nSPS) is 13.9. The Labute approximate surface area is 209 Å². The van der Waals surface area contributed by atoms with Crippen molar-refractivity contribution in [1.82, 2.24) is 9.71 Å². The highest BCUT2D eigenvalue weighted by Crippen LogP contribution is 2.29. The lowest BCUT2D eigenvalue weighted by Crippen LogP contribution is -2.47. The second kappa shape index (κ2) is 10.4. The summed E-state index contributed by atoms with van der Waals surface area (Å²) in [5, 5.41) is 0.366. The van der Waals surface area contributed by atoms with Crippen molar-refractivity contribution in [2.24, 2.45) is 0 Å². The van der Waals surface area contributed by atoms with Gasteiger partial charge >= 0.3 is 0 Å². The number of piperazine rings is 1. The first-order valence-corrected chi connectivity index (χ1v) is 12.7. The molecule has 3 aromatic rings. The van der Waals surface area contributed by atoms with Crippen LogP contribution in [0.3, 0.4) is 0 Å². The summed E-state index contributed by atoms with van der Waals surface area (Å²) in [6.45, 7) is 2.96. The molecule has 4 rings (SSSR count). The van der Waals surface area contributed by atoms with Gasteiger partial charge in [-0.1, -0.05) is 23.7 Å². The van der Waals surface area contributed by atoms with Crippen molar-refractivity contribution >= 4 is 39.0 Å². The number of amides is 1. The van der Waals surface area contributed by atoms with E-state index in [-0.39, 0.29) is 16.2 Å². The zero-order chi connectivity index (χ0) is 25.0. The van der Waals surface area contributed by atoms with Crippen LogP contribution < -0.4 is 24.0 Å². The maximum atomic E-state index is 12.8. The minimum Gasteiger partial charge on any atom is -0.496 e. The van der Waals surface area contributed by atoms with Crippen molar-refractivity contribution in [3.8, 4) is 11.5 Å². The summed E-state index contributed by atoms with van der Waals surface area (Å²) < 4.78 is 38.2. The number of nitrogens with one attached hydrogen (secondary N) is 1. The summed E-state index contributed by atoms with van der Waals surface area (Å²) in [5.41, 5.74) is 1.09. The Morgan fingerprint density at radius 1 is 0.943 bits per heavy atom. The molecule has 0 unspecified atom stereocenters. The van der Waals surface area contributed by atoms with Gasteiger partial charge in [0.1, 0.15) is 22.2 Å². The smallest absolute Gasteiger partial charge is 0.268 e. The molecule has 0 radical (unpaired) electrons. The number of methoxy groups -OCH3 is 2. The van der Waals surface area contributed by atoms with E-state index in [1.54, 1.807) is 13.2 Å². The number of benzene rings is 2. The van der Waals surface area contributed by atoms with Gasteiger partial charge in [-0.15, -0.1) is 0 Å². The zero-order valence-electron chi connectivity index (χ0n) is 19.3. The van der Waals surface area contributed by atoms with E-state index in [0.717, 1.165) is 24.5 Å². The molecule has 0 spiro atoms. The predicted octanol–water partition coefficient (Wildman–Crippen LogP) is 3.20. The van der Waals surface area contributed by atoms with Gasteiger partial charge in [0, 0.05) is 37.4 Å². The zero-order valence-corrected chi connectivity index (χ0v) is 20.8. The van der Waals surface area contributed by atoms with Crippen molar-refractivity contribution in [3.63, 3.8) is 0 Å². The Bertz CT molecular complexity index is 1310. The summed E-state index contributed by atoms with van der Waals surface area (Å²) in [6, 6.07) is 15.3. The van der Waals surface area contributed by atoms with Gasteiger partial charge in [0.15, 0.2) is 0 Å². The highest BCUT2D eigenvalue weighted by molar-refractivity contribution is 7.90. The maximum Gasteiger partial charge on any atom is 0.268 e. The minimum absolute atomic E-state index is 0.0537. The first-order valence-electron chi connectivity index (χ1n) is 10.8. The Balaban J connectivity index is 1.42. The Morgan fingerprint density at radius 3 is 2.29 bits per heavy atom. The number of sulfonamides is 1. The number of rotatable bonds is 7. The van der Waals surface area contributed by atoms with Gasteiger partial charge in [0.25, 0.3) is 15.9 Å². The van der Waals surface area contributed by atoms with E-state index in [0.29, 0.717) is 23.9 Å². The van der Waals surface area contributed by atoms with E-state index >= 15 is 0 Å². The Morgan fingerprint density at radius 2 is 1.63 bits per heavy atom. The quantitative estimate of drug-likeness (QED) is 0.511. The summed E-state index contributed by atoms with van der Waals surface area (Å²) in [6.07, 6.45) is 1.25. The molecule has 1 amide bonds. The number of hydrogen-bond acceptors (Lipinski definition) is 8. The van der Waals surface area contributed by atoms with E-state index in [1.807, 2.05) is 24.3 Å². The molecule has 11 heteroatoms. The van der Waals surface area contributed by atoms with Crippen molar-refractivity contribution < 1.29 is 22.7 Å². The van der Waals surface area contributed by atoms with Crippen molar-refractivity contribution in [3.05, 3.63) is 71.4 Å². The maximum absolute atomic E-state index is 12.8. The van der Waals surface area contributed by atoms with Gasteiger partial charge in [-0.2, -0.15) is 0 Å². The summed E-state index contributed by atoms with van der Waals surface area (Å²) >= 11 is 5.91. The van der Waals surface area contributed by atoms with Crippen LogP contribution in [0.5, 0.6) is 11.5 Å². The van der Waals surface area contributed by atoms with Crippen molar-refractivity contribution in [2.75, 3.05) is 50.2 Å². The lowest BCUT2D eigenvalue weighted by molar-refractivity contribution is 0.0978. The molecule has 2 heterocycles. The Kier molecular flexibility index (Phi) is 7.32. The molecule has 0 atom stereocenters. The standard InChI is InChI=1S/C24H25ClN4O5S/c1-33-21-6-4-3-5-20(21)28-11-13-29(14-12-28)23-10-8-18(16-26-23)35(31,32)27-24(30)19-9-7-17(25)15-22(19)34-2/h3-10,15-16H,11-14H2,1-2H3,(H,27,30). The molecule has 184 valence electrons. The molecule has 1 saturated heterocycles. The van der Waals surface area contributed by atoms with Crippen LogP contribution in [0.1, 0.15) is 10.4 Å². The Hall–Kier alpha value is -3.50. The first kappa shape index (κ1) is 24.6. The average molecular weight is 517 g/mol. The second-order valence-corrected chi connectivity index (χ2v) is 9.90. The number of anilines is 2. The monoisotopic (exact) mass is 516 g/mol. The van der Waals surface area contributed by atoms with Gasteiger partial charge in [-0.25, -0.2) is 18.1 Å². The number of carbonyl (C=O) groups excluding carboxylic acids is 1. The lowest BCUT2D eigenvalue weighted by atomic mass is 10.2. The average Bonchev–Trinajstić information content (AvgIpc) is 2.88. The van der Waals surface area contributed by atoms with E-state index in [4.69, 9.17) is 21.1 Å². The van der Waals surface area contributed by atoms with Crippen LogP contribution >= 0.6 is 11.6 Å². The minimum atomic E-state index is -4.13. The SMILES string of the molecule is COc1cc(Cl)ccc1C(=O)NS(=O)(=O)c1ccc(N2CCN(c3ccccc3OC)CC2)nc1. The molecular formula is C24H25ClN4O5S. The van der Waals surface area contributed by atoms with Crippen LogP contribution in [0.4, 0.5) is 11.5 Å². The van der Waals surface area contributed by atoms with E-state index in [2.05, 4.69) is 19.5 Å². The number of hydrogen-bond donors (Lipinski definition) is 1. The fourth-order valence-corrected chi connectivity index (χ4v) is 4.95. The molecule has 0 aliphatic carbocycles. The number of ether oxygens (including phenoxy) is 2. The molecule has 1 N–H and O–H groups in total. The number of nitrogens with zero attached hydrogens (tertiary/aromatic N) is 3. The van der Waals surface area contributed by atoms with Crippen LogP contribution in [0.15, 0.2) is 65.7 Å². The topological polar surface area (TPSA) is 101 Å². The van der Waals surface area contributed by atoms with Crippen LogP contribution in [0, 0.1) is 0 Å². The molecule has 35 heavy (non-hydrogen) atoms. The molecule has 1 fully saturated rings. The molecule has 2 aromatic carbocycles. The van der Waals surface area contributed by atoms with Crippen molar-refractivity contribution in [2.45, 2.75) is 4.90 Å². The predicted molar refractivity (Wildman–Crippen MR) is 134 cm³/mol. The van der Waals surface area contributed by atoms with Gasteiger partial charge in [-0.05, 0) is 42.5 Å². The number of halogens is 1. The number of pyridine rings is 1. The third-order valence-corrected chi connectivity index (χ3v) is 7.25. The van der Waals surface area contributed by atoms with Crippen molar-refractivity contribution in [1.29, 1.82) is 0 Å². The number of aromatic nitrogens is 1. The molecule has 1 aromatic heterocycles. The number of para-hydroxylation sites is 2. The third-order valence-electron chi connectivity index (χ3n) is 5.70. The van der Waals surface area contributed by atoms with Gasteiger partial charge in [0.2, 0.25) is 0 Å². The first-order chi connectivity index (χ1) is 16.8. The molecule has 9 nitrogen and oxygen atoms in total. The molecule has 0 bridgehead atoms. The van der Waals surface area contributed by atoms with Crippen LogP contribution in [-0.4, -0.2) is 59.7 Å². The van der Waals surface area contributed by atoms with Gasteiger partial charge in [-0.3, -0.25) is 4.79 Å². The molecular weight excluding hydrogens is 492 g/mol. The van der Waals surface area contributed by atoms with Gasteiger partial charge < -0.3 is 19.3 Å². The summed E-state index contributed by atoms with van der Waals surface area (Å²) in [4.78, 5) is 21.1. The van der Waals surface area contributed by atoms with E-state index < -0.39 is 15.9 Å². The lowest BCUT2D eigenvalue weighted by Gasteiger charge is -2.37.